The van der Waals surface area contributed by atoms with E-state index in [0.29, 0.717) is 23.7 Å². The van der Waals surface area contributed by atoms with Crippen molar-refractivity contribution in [3.63, 3.8) is 0 Å². The van der Waals surface area contributed by atoms with Crippen LogP contribution in [0.5, 0.6) is 11.5 Å². The number of anilines is 1. The van der Waals surface area contributed by atoms with E-state index in [0.717, 1.165) is 16.9 Å². The number of methoxy groups -OCH3 is 2. The summed E-state index contributed by atoms with van der Waals surface area (Å²) in [6, 6.07) is 15.5. The topological polar surface area (TPSA) is 65.4 Å². The zero-order chi connectivity index (χ0) is 18.1. The minimum Gasteiger partial charge on any atom is -0.497 e. The molecule has 1 aromatic heterocycles. The van der Waals surface area contributed by atoms with Crippen molar-refractivity contribution in [3.8, 4) is 17.2 Å². The van der Waals surface area contributed by atoms with Gasteiger partial charge in [0.2, 0.25) is 5.91 Å². The number of hydrogen-bond acceptors (Lipinski definition) is 4. The lowest BCUT2D eigenvalue weighted by molar-refractivity contribution is -0.116. The van der Waals surface area contributed by atoms with Gasteiger partial charge in [-0.25, -0.2) is 4.98 Å². The van der Waals surface area contributed by atoms with E-state index in [-0.39, 0.29) is 11.8 Å². The first kappa shape index (κ1) is 16.2. The molecule has 6 nitrogen and oxygen atoms in total. The molecule has 0 unspecified atom stereocenters. The van der Waals surface area contributed by atoms with Gasteiger partial charge in [-0.2, -0.15) is 0 Å². The molecule has 3 aromatic rings. The van der Waals surface area contributed by atoms with E-state index in [1.807, 2.05) is 47.0 Å². The van der Waals surface area contributed by atoms with Crippen molar-refractivity contribution in [1.82, 2.24) is 9.55 Å². The Morgan fingerprint density at radius 2 is 1.92 bits per heavy atom. The number of ether oxygens (including phenoxy) is 2. The van der Waals surface area contributed by atoms with E-state index < -0.39 is 0 Å². The molecule has 0 saturated heterocycles. The fraction of sp³-hybridized carbons (Fsp3) is 0.200. The van der Waals surface area contributed by atoms with Gasteiger partial charge in [-0.1, -0.05) is 30.3 Å². The zero-order valence-corrected chi connectivity index (χ0v) is 14.6. The Labute approximate surface area is 151 Å². The fourth-order valence-electron chi connectivity index (χ4n) is 3.33. The zero-order valence-electron chi connectivity index (χ0n) is 14.6. The second-order valence-electron chi connectivity index (χ2n) is 6.10. The predicted octanol–water partition coefficient (Wildman–Crippen LogP) is 3.36. The summed E-state index contributed by atoms with van der Waals surface area (Å²) in [7, 11) is 3.21. The molecule has 1 aliphatic rings. The number of fused-ring (bicyclic) bond motifs is 1. The van der Waals surface area contributed by atoms with E-state index in [4.69, 9.17) is 9.47 Å². The van der Waals surface area contributed by atoms with E-state index in [1.54, 1.807) is 26.6 Å². The highest BCUT2D eigenvalue weighted by Gasteiger charge is 2.31. The number of hydrogen-bond donors (Lipinski definition) is 1. The van der Waals surface area contributed by atoms with Crippen molar-refractivity contribution in [2.45, 2.75) is 12.3 Å². The van der Waals surface area contributed by atoms with Gasteiger partial charge in [0.15, 0.2) is 0 Å². The molecule has 4 rings (SSSR count). The van der Waals surface area contributed by atoms with Crippen LogP contribution in [0.15, 0.2) is 54.9 Å². The number of carbonyl (C=O) groups excluding carboxylic acids is 1. The van der Waals surface area contributed by atoms with Crippen molar-refractivity contribution < 1.29 is 14.3 Å². The Morgan fingerprint density at radius 3 is 2.65 bits per heavy atom. The molecule has 132 valence electrons. The van der Waals surface area contributed by atoms with Crippen LogP contribution in [0.25, 0.3) is 5.69 Å². The van der Waals surface area contributed by atoms with Crippen LogP contribution in [-0.2, 0) is 4.79 Å². The van der Waals surface area contributed by atoms with E-state index in [2.05, 4.69) is 10.3 Å². The summed E-state index contributed by atoms with van der Waals surface area (Å²) in [5.74, 6) is 1.93. The van der Waals surface area contributed by atoms with Gasteiger partial charge in [0.25, 0.3) is 0 Å². The van der Waals surface area contributed by atoms with Gasteiger partial charge >= 0.3 is 0 Å². The van der Waals surface area contributed by atoms with Gasteiger partial charge in [-0.15, -0.1) is 0 Å². The lowest BCUT2D eigenvalue weighted by Crippen LogP contribution is -2.24. The largest absolute Gasteiger partial charge is 0.497 e. The first-order chi connectivity index (χ1) is 12.7. The third-order valence-electron chi connectivity index (χ3n) is 4.62. The molecule has 1 N–H and O–H groups in total. The molecule has 6 heteroatoms. The molecule has 0 saturated carbocycles. The average Bonchev–Trinajstić information content (AvgIpc) is 3.11. The normalized spacial score (nSPS) is 15.9. The summed E-state index contributed by atoms with van der Waals surface area (Å²) in [6.45, 7) is 0. The van der Waals surface area contributed by atoms with E-state index in [9.17, 15) is 4.79 Å². The lowest BCUT2D eigenvalue weighted by atomic mass is 9.90. The van der Waals surface area contributed by atoms with Crippen molar-refractivity contribution in [2.24, 2.45) is 0 Å². The third kappa shape index (κ3) is 2.69. The quantitative estimate of drug-likeness (QED) is 0.784. The molecule has 0 fully saturated rings. The number of aromatic nitrogens is 2. The van der Waals surface area contributed by atoms with E-state index in [1.165, 1.54) is 0 Å². The highest BCUT2D eigenvalue weighted by Crippen LogP contribution is 2.39. The Balaban J connectivity index is 1.83. The van der Waals surface area contributed by atoms with E-state index >= 15 is 0 Å². The van der Waals surface area contributed by atoms with Gasteiger partial charge in [0, 0.05) is 18.4 Å². The molecule has 1 aliphatic heterocycles. The first-order valence-corrected chi connectivity index (χ1v) is 8.35. The van der Waals surface area contributed by atoms with Crippen molar-refractivity contribution >= 4 is 11.7 Å². The summed E-state index contributed by atoms with van der Waals surface area (Å²) in [6.07, 6.45) is 2.10. The van der Waals surface area contributed by atoms with Crippen LogP contribution >= 0.6 is 0 Å². The standard InChI is InChI=1S/C20H19N3O3/c1-25-14-8-9-16(17(10-14)26-2)23-12-21-19-15(11-18(24)22-20(19)23)13-6-4-3-5-7-13/h3-10,12,15H,11H2,1-2H3,(H,22,24)/t15-/m1/s1. The van der Waals surface area contributed by atoms with Crippen molar-refractivity contribution in [2.75, 3.05) is 19.5 Å². The highest BCUT2D eigenvalue weighted by atomic mass is 16.5. The van der Waals surface area contributed by atoms with Crippen LogP contribution in [0.1, 0.15) is 23.6 Å². The molecule has 0 aliphatic carbocycles. The number of benzene rings is 2. The third-order valence-corrected chi connectivity index (χ3v) is 4.62. The number of rotatable bonds is 4. The molecule has 0 bridgehead atoms. The summed E-state index contributed by atoms with van der Waals surface area (Å²) in [5.41, 5.74) is 2.72. The molecule has 2 aromatic carbocycles. The second kappa shape index (κ2) is 6.55. The number of imidazole rings is 1. The number of amides is 1. The fourth-order valence-corrected chi connectivity index (χ4v) is 3.33. The number of nitrogens with one attached hydrogen (secondary N) is 1. The molecular formula is C20H19N3O3. The second-order valence-corrected chi connectivity index (χ2v) is 6.10. The molecule has 26 heavy (non-hydrogen) atoms. The summed E-state index contributed by atoms with van der Waals surface area (Å²) < 4.78 is 12.6. The Kier molecular flexibility index (Phi) is 4.08. The molecule has 0 spiro atoms. The average molecular weight is 349 g/mol. The van der Waals surface area contributed by atoms with Gasteiger partial charge < -0.3 is 14.8 Å². The lowest BCUT2D eigenvalue weighted by Gasteiger charge is -2.23. The molecular weight excluding hydrogens is 330 g/mol. The van der Waals surface area contributed by atoms with Gasteiger partial charge in [0.1, 0.15) is 23.6 Å². The van der Waals surface area contributed by atoms with Crippen LogP contribution < -0.4 is 14.8 Å². The first-order valence-electron chi connectivity index (χ1n) is 8.35. The minimum atomic E-state index is -0.0644. The van der Waals surface area contributed by atoms with Crippen molar-refractivity contribution in [3.05, 3.63) is 66.1 Å². The van der Waals surface area contributed by atoms with Crippen LogP contribution in [0.2, 0.25) is 0 Å². The monoisotopic (exact) mass is 349 g/mol. The Bertz CT molecular complexity index is 950. The van der Waals surface area contributed by atoms with Crippen LogP contribution in [0.4, 0.5) is 5.82 Å². The maximum Gasteiger partial charge on any atom is 0.226 e. The molecule has 1 amide bonds. The molecule has 0 radical (unpaired) electrons. The summed E-state index contributed by atoms with van der Waals surface area (Å²) >= 11 is 0. The number of nitrogens with zero attached hydrogens (tertiary/aromatic N) is 2. The molecule has 2 heterocycles. The molecule has 1 atom stereocenters. The van der Waals surface area contributed by atoms with Crippen LogP contribution in [0, 0.1) is 0 Å². The summed E-state index contributed by atoms with van der Waals surface area (Å²) in [5, 5.41) is 2.96. The maximum absolute atomic E-state index is 12.3. The highest BCUT2D eigenvalue weighted by molar-refractivity contribution is 5.94. The Hall–Kier alpha value is -3.28. The SMILES string of the molecule is COc1ccc(-n2cnc3c2NC(=O)C[C@@H]3c2ccccc2)c(OC)c1. The van der Waals surface area contributed by atoms with Crippen LogP contribution in [-0.4, -0.2) is 29.7 Å². The van der Waals surface area contributed by atoms with Gasteiger partial charge in [-0.3, -0.25) is 9.36 Å². The smallest absolute Gasteiger partial charge is 0.226 e. The Morgan fingerprint density at radius 1 is 1.12 bits per heavy atom. The summed E-state index contributed by atoms with van der Waals surface area (Å²) in [4.78, 5) is 16.9. The maximum atomic E-state index is 12.3. The minimum absolute atomic E-state index is 0.0272. The van der Waals surface area contributed by atoms with Crippen molar-refractivity contribution in [1.29, 1.82) is 0 Å². The predicted molar refractivity (Wildman–Crippen MR) is 98.2 cm³/mol. The van der Waals surface area contributed by atoms with Gasteiger partial charge in [-0.05, 0) is 17.7 Å². The van der Waals surface area contributed by atoms with Gasteiger partial charge in [0.05, 0.1) is 25.6 Å². The van der Waals surface area contributed by atoms with Crippen LogP contribution in [0.3, 0.4) is 0 Å². The number of carbonyl (C=O) groups is 1.